The van der Waals surface area contributed by atoms with Crippen molar-refractivity contribution in [3.63, 3.8) is 0 Å². The van der Waals surface area contributed by atoms with E-state index in [2.05, 4.69) is 69.4 Å². The van der Waals surface area contributed by atoms with Crippen LogP contribution < -0.4 is 0 Å². The Morgan fingerprint density at radius 3 is 1.00 bits per heavy atom. The molecule has 0 bridgehead atoms. The minimum atomic E-state index is -0.791. The topological polar surface area (TPSA) is 78.9 Å². The van der Waals surface area contributed by atoms with Crippen molar-refractivity contribution in [1.29, 1.82) is 0 Å². The average Bonchev–Trinajstić information content (AvgIpc) is 3.28. The van der Waals surface area contributed by atoms with Crippen LogP contribution in [0.15, 0.2) is 48.6 Å². The molecule has 63 heavy (non-hydrogen) atoms. The number of allylic oxidation sites excluding steroid dienone is 8. The third-order valence-electron chi connectivity index (χ3n) is 11.8. The van der Waals surface area contributed by atoms with Gasteiger partial charge in [-0.15, -0.1) is 0 Å². The lowest BCUT2D eigenvalue weighted by molar-refractivity contribution is -0.167. The number of rotatable bonds is 49. The molecule has 0 heterocycles. The number of esters is 3. The van der Waals surface area contributed by atoms with E-state index in [9.17, 15) is 14.4 Å². The smallest absolute Gasteiger partial charge is 0.306 e. The van der Waals surface area contributed by atoms with Crippen LogP contribution >= 0.6 is 0 Å². The summed E-state index contributed by atoms with van der Waals surface area (Å²) in [6.45, 7) is 6.49. The zero-order chi connectivity index (χ0) is 45.8. The van der Waals surface area contributed by atoms with Gasteiger partial charge in [0.1, 0.15) is 13.2 Å². The van der Waals surface area contributed by atoms with Crippen LogP contribution in [-0.2, 0) is 28.6 Å². The van der Waals surface area contributed by atoms with Gasteiger partial charge in [0.2, 0.25) is 0 Å². The van der Waals surface area contributed by atoms with Crippen molar-refractivity contribution in [2.24, 2.45) is 0 Å². The first-order valence-electron chi connectivity index (χ1n) is 27.1. The molecule has 0 aromatic rings. The fourth-order valence-corrected chi connectivity index (χ4v) is 7.70. The molecule has 0 radical (unpaired) electrons. The second kappa shape index (κ2) is 52.0. The Bertz CT molecular complexity index is 1110. The summed E-state index contributed by atoms with van der Waals surface area (Å²) in [6.07, 6.45) is 62.6. The van der Waals surface area contributed by atoms with Crippen molar-refractivity contribution in [2.75, 3.05) is 13.2 Å². The molecule has 0 aliphatic rings. The summed E-state index contributed by atoms with van der Waals surface area (Å²) in [5.74, 6) is -0.936. The van der Waals surface area contributed by atoms with Crippen LogP contribution in [0.1, 0.15) is 278 Å². The van der Waals surface area contributed by atoms with Gasteiger partial charge in [-0.05, 0) is 96.3 Å². The average molecular weight is 883 g/mol. The lowest BCUT2D eigenvalue weighted by Crippen LogP contribution is -2.30. The Hall–Kier alpha value is -2.63. The monoisotopic (exact) mass is 883 g/mol. The first-order valence-corrected chi connectivity index (χ1v) is 27.1. The fourth-order valence-electron chi connectivity index (χ4n) is 7.70. The second-order valence-corrected chi connectivity index (χ2v) is 18.1. The largest absolute Gasteiger partial charge is 0.462 e. The molecule has 366 valence electrons. The van der Waals surface area contributed by atoms with Gasteiger partial charge in [0, 0.05) is 19.3 Å². The van der Waals surface area contributed by atoms with Gasteiger partial charge in [-0.2, -0.15) is 0 Å². The highest BCUT2D eigenvalue weighted by Gasteiger charge is 2.19. The van der Waals surface area contributed by atoms with Gasteiger partial charge in [-0.1, -0.05) is 211 Å². The van der Waals surface area contributed by atoms with E-state index < -0.39 is 6.10 Å². The molecule has 1 unspecified atom stereocenters. The maximum Gasteiger partial charge on any atom is 0.306 e. The predicted octanol–water partition coefficient (Wildman–Crippen LogP) is 17.9. The van der Waals surface area contributed by atoms with Crippen LogP contribution in [0.5, 0.6) is 0 Å². The van der Waals surface area contributed by atoms with Crippen molar-refractivity contribution in [1.82, 2.24) is 0 Å². The van der Waals surface area contributed by atoms with Gasteiger partial charge in [0.15, 0.2) is 6.10 Å². The number of unbranched alkanes of at least 4 members (excludes halogenated alkanes) is 30. The number of carbonyl (C=O) groups is 3. The molecule has 0 amide bonds. The van der Waals surface area contributed by atoms with Crippen LogP contribution in [0.3, 0.4) is 0 Å². The summed E-state index contributed by atoms with van der Waals surface area (Å²) in [6, 6.07) is 0. The van der Waals surface area contributed by atoms with E-state index in [0.29, 0.717) is 19.3 Å². The molecule has 0 aromatic heterocycles. The Balaban J connectivity index is 4.32. The molecular weight excluding hydrogens is 781 g/mol. The third kappa shape index (κ3) is 50.2. The Labute approximate surface area is 390 Å². The summed E-state index contributed by atoms with van der Waals surface area (Å²) in [7, 11) is 0. The standard InChI is InChI=1S/C57H102O6/c1-4-7-10-13-16-19-21-23-25-27-29-31-33-35-38-41-44-47-50-56(59)62-53-54(52-61-55(58)49-46-43-40-37-18-15-12-9-6-3)63-57(60)51-48-45-42-39-36-34-32-30-28-26-24-22-20-17-14-11-8-5-2/h9,12,18,29-32,37,54H,4-8,10-11,13-17,19-28,33-36,38-53H2,1-3H3/b12-9-,31-29-,32-30-,37-18-. The molecule has 0 aliphatic heterocycles. The summed E-state index contributed by atoms with van der Waals surface area (Å²) >= 11 is 0. The maximum atomic E-state index is 12.8. The van der Waals surface area contributed by atoms with Crippen LogP contribution in [0.25, 0.3) is 0 Å². The Morgan fingerprint density at radius 1 is 0.333 bits per heavy atom. The normalized spacial score (nSPS) is 12.4. The second-order valence-electron chi connectivity index (χ2n) is 18.1. The highest BCUT2D eigenvalue weighted by atomic mass is 16.6. The van der Waals surface area contributed by atoms with E-state index in [1.54, 1.807) is 0 Å². The van der Waals surface area contributed by atoms with Crippen LogP contribution in [0.2, 0.25) is 0 Å². The highest BCUT2D eigenvalue weighted by molar-refractivity contribution is 5.71. The Morgan fingerprint density at radius 2 is 0.619 bits per heavy atom. The number of ether oxygens (including phenoxy) is 3. The zero-order valence-corrected chi connectivity index (χ0v) is 41.8. The lowest BCUT2D eigenvalue weighted by atomic mass is 10.1. The minimum Gasteiger partial charge on any atom is -0.462 e. The SMILES string of the molecule is CC/C=C\C/C=C\CCCCC(=O)OCC(COC(=O)CCCCCCC/C=C\CCCCCCCCCCC)OC(=O)CCCCCCC/C=C\CCCCCCCCCCC. The molecule has 0 N–H and O–H groups in total. The summed E-state index contributed by atoms with van der Waals surface area (Å²) in [5, 5.41) is 0. The number of hydrogen-bond acceptors (Lipinski definition) is 6. The number of hydrogen-bond donors (Lipinski definition) is 0. The van der Waals surface area contributed by atoms with Gasteiger partial charge >= 0.3 is 17.9 Å². The van der Waals surface area contributed by atoms with E-state index in [4.69, 9.17) is 14.2 Å². The summed E-state index contributed by atoms with van der Waals surface area (Å²) < 4.78 is 16.7. The van der Waals surface area contributed by atoms with E-state index in [1.807, 2.05) is 0 Å². The molecule has 1 atom stereocenters. The predicted molar refractivity (Wildman–Crippen MR) is 270 cm³/mol. The van der Waals surface area contributed by atoms with Gasteiger partial charge in [-0.25, -0.2) is 0 Å². The maximum absolute atomic E-state index is 12.8. The van der Waals surface area contributed by atoms with Gasteiger partial charge < -0.3 is 14.2 Å². The van der Waals surface area contributed by atoms with E-state index in [-0.39, 0.29) is 31.1 Å². The van der Waals surface area contributed by atoms with Gasteiger partial charge in [-0.3, -0.25) is 14.4 Å². The van der Waals surface area contributed by atoms with Crippen molar-refractivity contribution in [2.45, 2.75) is 284 Å². The van der Waals surface area contributed by atoms with Crippen LogP contribution in [0, 0.1) is 0 Å². The lowest BCUT2D eigenvalue weighted by Gasteiger charge is -2.18. The quantitative estimate of drug-likeness (QED) is 0.0262. The summed E-state index contributed by atoms with van der Waals surface area (Å²) in [4.78, 5) is 37.9. The summed E-state index contributed by atoms with van der Waals surface area (Å²) in [5.41, 5.74) is 0. The molecule has 0 rings (SSSR count). The first-order chi connectivity index (χ1) is 31.0. The third-order valence-corrected chi connectivity index (χ3v) is 11.8. The van der Waals surface area contributed by atoms with Crippen molar-refractivity contribution >= 4 is 17.9 Å². The van der Waals surface area contributed by atoms with E-state index >= 15 is 0 Å². The molecule has 0 aromatic carbocycles. The van der Waals surface area contributed by atoms with Crippen LogP contribution in [-0.4, -0.2) is 37.2 Å². The van der Waals surface area contributed by atoms with Gasteiger partial charge in [0.05, 0.1) is 0 Å². The molecule has 0 aliphatic carbocycles. The van der Waals surface area contributed by atoms with Crippen LogP contribution in [0.4, 0.5) is 0 Å². The van der Waals surface area contributed by atoms with Gasteiger partial charge in [0.25, 0.3) is 0 Å². The van der Waals surface area contributed by atoms with E-state index in [0.717, 1.165) is 89.9 Å². The fraction of sp³-hybridized carbons (Fsp3) is 0.807. The Kier molecular flexibility index (Phi) is 49.8. The molecule has 0 saturated carbocycles. The van der Waals surface area contributed by atoms with E-state index in [1.165, 1.54) is 148 Å². The molecule has 6 heteroatoms. The highest BCUT2D eigenvalue weighted by Crippen LogP contribution is 2.15. The minimum absolute atomic E-state index is 0.0901. The molecule has 0 spiro atoms. The molecule has 0 saturated heterocycles. The van der Waals surface area contributed by atoms with Crippen molar-refractivity contribution < 1.29 is 28.6 Å². The molecule has 0 fully saturated rings. The zero-order valence-electron chi connectivity index (χ0n) is 41.8. The molecular formula is C57H102O6. The van der Waals surface area contributed by atoms with Crippen molar-refractivity contribution in [3.05, 3.63) is 48.6 Å². The number of carbonyl (C=O) groups excluding carboxylic acids is 3. The van der Waals surface area contributed by atoms with Crippen molar-refractivity contribution in [3.8, 4) is 0 Å². The molecule has 6 nitrogen and oxygen atoms in total. The first kappa shape index (κ1) is 60.4.